The zero-order chi connectivity index (χ0) is 13.8. The molecule has 1 aromatic carbocycles. The Labute approximate surface area is 115 Å². The van der Waals surface area contributed by atoms with Crippen LogP contribution in [0.2, 0.25) is 0 Å². The third kappa shape index (κ3) is 3.16. The lowest BCUT2D eigenvalue weighted by atomic mass is 9.94. The van der Waals surface area contributed by atoms with Gasteiger partial charge in [-0.15, -0.1) is 0 Å². The number of fused-ring (bicyclic) bond motifs is 1. The predicted molar refractivity (Wildman–Crippen MR) is 77.8 cm³/mol. The van der Waals surface area contributed by atoms with Crippen LogP contribution in [-0.4, -0.2) is 30.4 Å². The average Bonchev–Trinajstić information content (AvgIpc) is 2.61. The number of amides is 1. The Balaban J connectivity index is 2.07. The van der Waals surface area contributed by atoms with E-state index in [1.807, 2.05) is 4.90 Å². The lowest BCUT2D eigenvalue weighted by Crippen LogP contribution is -2.42. The van der Waals surface area contributed by atoms with E-state index in [0.717, 1.165) is 25.9 Å². The lowest BCUT2D eigenvalue weighted by Gasteiger charge is -2.27. The van der Waals surface area contributed by atoms with Crippen molar-refractivity contribution in [2.75, 3.05) is 19.6 Å². The van der Waals surface area contributed by atoms with Crippen molar-refractivity contribution in [3.63, 3.8) is 0 Å². The van der Waals surface area contributed by atoms with E-state index >= 15 is 0 Å². The molecule has 2 rings (SSSR count). The van der Waals surface area contributed by atoms with Crippen LogP contribution in [0.5, 0.6) is 0 Å². The van der Waals surface area contributed by atoms with Gasteiger partial charge in [-0.05, 0) is 29.9 Å². The Morgan fingerprint density at radius 3 is 2.16 bits per heavy atom. The Morgan fingerprint density at radius 2 is 1.74 bits per heavy atom. The standard InChI is InChI=1S/C16H24N2O/c1-12(2)15(11-17)16(19)18-9-7-13-5-3-4-6-14(13)8-10-18/h3-6,12,15H,7-11,17H2,1-2H3. The van der Waals surface area contributed by atoms with Gasteiger partial charge >= 0.3 is 0 Å². The van der Waals surface area contributed by atoms with Crippen molar-refractivity contribution in [1.29, 1.82) is 0 Å². The number of nitrogens with two attached hydrogens (primary N) is 1. The van der Waals surface area contributed by atoms with Crippen molar-refractivity contribution in [2.24, 2.45) is 17.6 Å². The summed E-state index contributed by atoms with van der Waals surface area (Å²) in [6, 6.07) is 8.50. The van der Waals surface area contributed by atoms with E-state index in [0.29, 0.717) is 12.5 Å². The minimum absolute atomic E-state index is 0.0405. The Kier molecular flexibility index (Phi) is 4.59. The highest BCUT2D eigenvalue weighted by atomic mass is 16.2. The maximum atomic E-state index is 12.5. The van der Waals surface area contributed by atoms with Crippen molar-refractivity contribution in [2.45, 2.75) is 26.7 Å². The number of rotatable bonds is 3. The van der Waals surface area contributed by atoms with Gasteiger partial charge in [0.1, 0.15) is 0 Å². The second-order valence-electron chi connectivity index (χ2n) is 5.68. The number of hydrogen-bond donors (Lipinski definition) is 1. The molecule has 0 fully saturated rings. The normalized spacial score (nSPS) is 16.9. The van der Waals surface area contributed by atoms with Gasteiger partial charge in [0.05, 0.1) is 5.92 Å². The Morgan fingerprint density at radius 1 is 1.21 bits per heavy atom. The fourth-order valence-electron chi connectivity index (χ4n) is 2.78. The molecular weight excluding hydrogens is 236 g/mol. The highest BCUT2D eigenvalue weighted by molar-refractivity contribution is 5.79. The number of carbonyl (C=O) groups excluding carboxylic acids is 1. The van der Waals surface area contributed by atoms with Crippen LogP contribution in [0.3, 0.4) is 0 Å². The van der Waals surface area contributed by atoms with Crippen LogP contribution in [-0.2, 0) is 17.6 Å². The molecule has 0 bridgehead atoms. The smallest absolute Gasteiger partial charge is 0.227 e. The van der Waals surface area contributed by atoms with Crippen LogP contribution in [0.4, 0.5) is 0 Å². The molecule has 3 nitrogen and oxygen atoms in total. The first-order valence-corrected chi connectivity index (χ1v) is 7.19. The molecule has 104 valence electrons. The molecule has 19 heavy (non-hydrogen) atoms. The van der Waals surface area contributed by atoms with Crippen LogP contribution in [0.1, 0.15) is 25.0 Å². The molecular formula is C16H24N2O. The number of nitrogens with zero attached hydrogens (tertiary/aromatic N) is 1. The molecule has 1 amide bonds. The fraction of sp³-hybridized carbons (Fsp3) is 0.562. The molecule has 0 aliphatic carbocycles. The minimum atomic E-state index is -0.0405. The zero-order valence-corrected chi connectivity index (χ0v) is 11.9. The van der Waals surface area contributed by atoms with Gasteiger partial charge in [0, 0.05) is 19.6 Å². The molecule has 0 saturated heterocycles. The second kappa shape index (κ2) is 6.20. The van der Waals surface area contributed by atoms with Crippen molar-refractivity contribution in [3.8, 4) is 0 Å². The monoisotopic (exact) mass is 260 g/mol. The van der Waals surface area contributed by atoms with Crippen LogP contribution in [0.25, 0.3) is 0 Å². The Hall–Kier alpha value is -1.35. The van der Waals surface area contributed by atoms with Crippen molar-refractivity contribution in [3.05, 3.63) is 35.4 Å². The molecule has 1 unspecified atom stereocenters. The molecule has 0 radical (unpaired) electrons. The van der Waals surface area contributed by atoms with Gasteiger partial charge in [-0.25, -0.2) is 0 Å². The van der Waals surface area contributed by atoms with Gasteiger partial charge in [0.15, 0.2) is 0 Å². The van der Waals surface area contributed by atoms with E-state index in [4.69, 9.17) is 5.73 Å². The van der Waals surface area contributed by atoms with E-state index < -0.39 is 0 Å². The van der Waals surface area contributed by atoms with Gasteiger partial charge in [-0.1, -0.05) is 38.1 Å². The fourth-order valence-corrected chi connectivity index (χ4v) is 2.78. The zero-order valence-electron chi connectivity index (χ0n) is 11.9. The van der Waals surface area contributed by atoms with Crippen LogP contribution >= 0.6 is 0 Å². The van der Waals surface area contributed by atoms with Crippen LogP contribution < -0.4 is 5.73 Å². The summed E-state index contributed by atoms with van der Waals surface area (Å²) in [6.45, 7) is 6.22. The quantitative estimate of drug-likeness (QED) is 0.901. The van der Waals surface area contributed by atoms with Crippen molar-refractivity contribution < 1.29 is 4.79 Å². The molecule has 0 spiro atoms. The maximum absolute atomic E-state index is 12.5. The summed E-state index contributed by atoms with van der Waals surface area (Å²) in [5, 5.41) is 0. The minimum Gasteiger partial charge on any atom is -0.342 e. The average molecular weight is 260 g/mol. The third-order valence-electron chi connectivity index (χ3n) is 4.11. The molecule has 1 heterocycles. The van der Waals surface area contributed by atoms with E-state index in [9.17, 15) is 4.79 Å². The van der Waals surface area contributed by atoms with Gasteiger partial charge in [-0.3, -0.25) is 4.79 Å². The summed E-state index contributed by atoms with van der Waals surface area (Å²) in [5.74, 6) is 0.495. The summed E-state index contributed by atoms with van der Waals surface area (Å²) in [7, 11) is 0. The third-order valence-corrected chi connectivity index (χ3v) is 4.11. The van der Waals surface area contributed by atoms with Crippen molar-refractivity contribution in [1.82, 2.24) is 4.90 Å². The molecule has 1 aromatic rings. The maximum Gasteiger partial charge on any atom is 0.227 e. The number of carbonyl (C=O) groups is 1. The second-order valence-corrected chi connectivity index (χ2v) is 5.68. The Bertz CT molecular complexity index is 415. The number of hydrogen-bond acceptors (Lipinski definition) is 2. The van der Waals surface area contributed by atoms with E-state index in [-0.39, 0.29) is 11.8 Å². The van der Waals surface area contributed by atoms with Gasteiger partial charge in [0.25, 0.3) is 0 Å². The highest BCUT2D eigenvalue weighted by Crippen LogP contribution is 2.19. The van der Waals surface area contributed by atoms with E-state index in [1.54, 1.807) is 0 Å². The first-order valence-electron chi connectivity index (χ1n) is 7.19. The molecule has 2 N–H and O–H groups in total. The lowest BCUT2D eigenvalue weighted by molar-refractivity contribution is -0.136. The molecule has 3 heteroatoms. The van der Waals surface area contributed by atoms with Crippen LogP contribution in [0, 0.1) is 11.8 Å². The largest absolute Gasteiger partial charge is 0.342 e. The van der Waals surface area contributed by atoms with Gasteiger partial charge in [-0.2, -0.15) is 0 Å². The molecule has 0 saturated carbocycles. The first kappa shape index (κ1) is 14.1. The van der Waals surface area contributed by atoms with E-state index in [1.165, 1.54) is 11.1 Å². The molecule has 1 aliphatic heterocycles. The molecule has 1 atom stereocenters. The predicted octanol–water partition coefficient (Wildman–Crippen LogP) is 1.84. The summed E-state index contributed by atoms with van der Waals surface area (Å²) in [6.07, 6.45) is 1.91. The van der Waals surface area contributed by atoms with Gasteiger partial charge in [0.2, 0.25) is 5.91 Å². The number of benzene rings is 1. The van der Waals surface area contributed by atoms with E-state index in [2.05, 4.69) is 38.1 Å². The molecule has 1 aliphatic rings. The summed E-state index contributed by atoms with van der Waals surface area (Å²) in [5.41, 5.74) is 8.52. The molecule has 0 aromatic heterocycles. The van der Waals surface area contributed by atoms with Crippen LogP contribution in [0.15, 0.2) is 24.3 Å². The summed E-state index contributed by atoms with van der Waals surface area (Å²) in [4.78, 5) is 14.5. The topological polar surface area (TPSA) is 46.3 Å². The first-order chi connectivity index (χ1) is 9.13. The van der Waals surface area contributed by atoms with Gasteiger partial charge < -0.3 is 10.6 Å². The summed E-state index contributed by atoms with van der Waals surface area (Å²) >= 11 is 0. The SMILES string of the molecule is CC(C)C(CN)C(=O)N1CCc2ccccc2CC1. The highest BCUT2D eigenvalue weighted by Gasteiger charge is 2.26. The summed E-state index contributed by atoms with van der Waals surface area (Å²) < 4.78 is 0. The van der Waals surface area contributed by atoms with Crippen molar-refractivity contribution >= 4 is 5.91 Å².